The minimum Gasteiger partial charge on any atom is -0.480 e. The maximum Gasteiger partial charge on any atom is 0.323 e. The molecule has 1 aromatic heterocycles. The van der Waals surface area contributed by atoms with Crippen molar-refractivity contribution in [1.29, 1.82) is 0 Å². The first-order valence-electron chi connectivity index (χ1n) is 6.08. The molecule has 0 spiro atoms. The van der Waals surface area contributed by atoms with E-state index in [4.69, 9.17) is 5.11 Å². The van der Waals surface area contributed by atoms with Crippen LogP contribution in [0.3, 0.4) is 0 Å². The topological polar surface area (TPSA) is 55.1 Å². The van der Waals surface area contributed by atoms with E-state index in [1.807, 2.05) is 12.1 Å². The fourth-order valence-corrected chi connectivity index (χ4v) is 2.22. The molecule has 0 amide bonds. The summed E-state index contributed by atoms with van der Waals surface area (Å²) in [6.07, 6.45) is 0. The van der Waals surface area contributed by atoms with Gasteiger partial charge in [0, 0.05) is 5.56 Å². The summed E-state index contributed by atoms with van der Waals surface area (Å²) in [5, 5.41) is 9.05. The molecule has 3 rings (SSSR count). The molecule has 3 aromatic rings. The van der Waals surface area contributed by atoms with E-state index in [1.165, 1.54) is 12.1 Å². The van der Waals surface area contributed by atoms with Crippen LogP contribution in [0.1, 0.15) is 0 Å². The zero-order valence-electron chi connectivity index (χ0n) is 10.5. The van der Waals surface area contributed by atoms with E-state index in [0.29, 0.717) is 22.4 Å². The van der Waals surface area contributed by atoms with Gasteiger partial charge in [0.1, 0.15) is 18.2 Å². The van der Waals surface area contributed by atoms with Crippen LogP contribution in [0.2, 0.25) is 0 Å². The van der Waals surface area contributed by atoms with Gasteiger partial charge in [0.25, 0.3) is 0 Å². The average Bonchev–Trinajstić information content (AvgIpc) is 2.77. The fraction of sp³-hybridized carbons (Fsp3) is 0.0667. The van der Waals surface area contributed by atoms with Gasteiger partial charge in [-0.2, -0.15) is 0 Å². The predicted molar refractivity (Wildman–Crippen MR) is 72.8 cm³/mol. The van der Waals surface area contributed by atoms with Crippen molar-refractivity contribution in [3.8, 4) is 11.4 Å². The summed E-state index contributed by atoms with van der Waals surface area (Å²) in [4.78, 5) is 15.4. The maximum atomic E-state index is 13.3. The molecular weight excluding hydrogens is 259 g/mol. The van der Waals surface area contributed by atoms with Crippen LogP contribution in [0.4, 0.5) is 4.39 Å². The van der Waals surface area contributed by atoms with Crippen LogP contribution in [-0.4, -0.2) is 20.6 Å². The van der Waals surface area contributed by atoms with E-state index in [1.54, 1.807) is 28.8 Å². The molecule has 0 aliphatic rings. The maximum absolute atomic E-state index is 13.3. The monoisotopic (exact) mass is 270 g/mol. The number of imidazole rings is 1. The third-order valence-electron chi connectivity index (χ3n) is 3.03. The lowest BCUT2D eigenvalue weighted by Crippen LogP contribution is -2.10. The van der Waals surface area contributed by atoms with Gasteiger partial charge in [0.2, 0.25) is 0 Å². The summed E-state index contributed by atoms with van der Waals surface area (Å²) in [5.41, 5.74) is 1.96. The minimum absolute atomic E-state index is 0.216. The molecule has 0 aliphatic heterocycles. The van der Waals surface area contributed by atoms with Gasteiger partial charge < -0.3 is 9.67 Å². The van der Waals surface area contributed by atoms with Crippen LogP contribution in [0.15, 0.2) is 48.5 Å². The number of carboxylic acid groups (broad SMARTS) is 1. The molecule has 2 aromatic carbocycles. The number of aromatic nitrogens is 2. The van der Waals surface area contributed by atoms with Gasteiger partial charge in [0.15, 0.2) is 0 Å². The number of nitrogens with zero attached hydrogens (tertiary/aromatic N) is 2. The first kappa shape index (κ1) is 12.3. The highest BCUT2D eigenvalue weighted by Gasteiger charge is 2.14. The van der Waals surface area contributed by atoms with E-state index in [2.05, 4.69) is 4.98 Å². The zero-order chi connectivity index (χ0) is 14.1. The summed E-state index contributed by atoms with van der Waals surface area (Å²) in [5.74, 6) is -0.893. The number of hydrogen-bond acceptors (Lipinski definition) is 2. The molecule has 0 atom stereocenters. The van der Waals surface area contributed by atoms with Crippen molar-refractivity contribution in [1.82, 2.24) is 9.55 Å². The van der Waals surface area contributed by atoms with Crippen LogP contribution in [-0.2, 0) is 11.3 Å². The summed E-state index contributed by atoms with van der Waals surface area (Å²) in [6.45, 7) is -0.216. The molecule has 5 heteroatoms. The lowest BCUT2D eigenvalue weighted by atomic mass is 10.2. The summed E-state index contributed by atoms with van der Waals surface area (Å²) >= 11 is 0. The molecule has 1 N–H and O–H groups in total. The molecule has 0 bridgehead atoms. The summed E-state index contributed by atoms with van der Waals surface area (Å²) < 4.78 is 14.9. The first-order chi connectivity index (χ1) is 9.65. The molecule has 4 nitrogen and oxygen atoms in total. The number of para-hydroxylation sites is 2. The van der Waals surface area contributed by atoms with Gasteiger partial charge in [-0.25, -0.2) is 9.37 Å². The van der Waals surface area contributed by atoms with Crippen molar-refractivity contribution in [2.75, 3.05) is 0 Å². The van der Waals surface area contributed by atoms with E-state index in [9.17, 15) is 9.18 Å². The van der Waals surface area contributed by atoms with Gasteiger partial charge in [0.05, 0.1) is 11.0 Å². The van der Waals surface area contributed by atoms with Gasteiger partial charge in [-0.05, 0) is 24.3 Å². The quantitative estimate of drug-likeness (QED) is 0.796. The van der Waals surface area contributed by atoms with Crippen molar-refractivity contribution >= 4 is 17.0 Å². The Morgan fingerprint density at radius 2 is 2.00 bits per heavy atom. The van der Waals surface area contributed by atoms with Crippen molar-refractivity contribution in [2.24, 2.45) is 0 Å². The number of benzene rings is 2. The molecule has 0 unspecified atom stereocenters. The number of carboxylic acids is 1. The van der Waals surface area contributed by atoms with Crippen LogP contribution >= 0.6 is 0 Å². The molecule has 20 heavy (non-hydrogen) atoms. The summed E-state index contributed by atoms with van der Waals surface area (Å²) in [7, 11) is 0. The van der Waals surface area contributed by atoms with Crippen molar-refractivity contribution in [2.45, 2.75) is 6.54 Å². The van der Waals surface area contributed by atoms with Crippen molar-refractivity contribution < 1.29 is 14.3 Å². The van der Waals surface area contributed by atoms with Crippen LogP contribution in [0.5, 0.6) is 0 Å². The number of aliphatic carboxylic acids is 1. The Labute approximate surface area is 114 Å². The standard InChI is InChI=1S/C15H11FN2O2/c16-11-5-3-4-10(8-11)15-17-12-6-1-2-7-13(12)18(15)9-14(19)20/h1-8H,9H2,(H,19,20). The van der Waals surface area contributed by atoms with Crippen LogP contribution < -0.4 is 0 Å². The second-order valence-electron chi connectivity index (χ2n) is 4.41. The van der Waals surface area contributed by atoms with Crippen molar-refractivity contribution in [3.63, 3.8) is 0 Å². The highest BCUT2D eigenvalue weighted by atomic mass is 19.1. The van der Waals surface area contributed by atoms with Gasteiger partial charge in [-0.15, -0.1) is 0 Å². The van der Waals surface area contributed by atoms with E-state index < -0.39 is 5.97 Å². The highest BCUT2D eigenvalue weighted by Crippen LogP contribution is 2.25. The highest BCUT2D eigenvalue weighted by molar-refractivity contribution is 5.82. The number of carbonyl (C=O) groups is 1. The molecule has 0 saturated carbocycles. The number of halogens is 1. The zero-order valence-corrected chi connectivity index (χ0v) is 10.5. The SMILES string of the molecule is O=C(O)Cn1c(-c2cccc(F)c2)nc2ccccc21. The molecule has 0 aliphatic carbocycles. The average molecular weight is 270 g/mol. The van der Waals surface area contributed by atoms with E-state index in [-0.39, 0.29) is 12.4 Å². The lowest BCUT2D eigenvalue weighted by Gasteiger charge is -2.06. The Morgan fingerprint density at radius 3 is 2.75 bits per heavy atom. The largest absolute Gasteiger partial charge is 0.480 e. The third kappa shape index (κ3) is 2.14. The Kier molecular flexibility index (Phi) is 2.95. The molecule has 0 saturated heterocycles. The fourth-order valence-electron chi connectivity index (χ4n) is 2.22. The third-order valence-corrected chi connectivity index (χ3v) is 3.03. The minimum atomic E-state index is -0.967. The Hall–Kier alpha value is -2.69. The Morgan fingerprint density at radius 1 is 1.20 bits per heavy atom. The second kappa shape index (κ2) is 4.77. The van der Waals surface area contributed by atoms with Crippen LogP contribution in [0, 0.1) is 5.82 Å². The first-order valence-corrected chi connectivity index (χ1v) is 6.08. The van der Waals surface area contributed by atoms with E-state index in [0.717, 1.165) is 0 Å². The molecule has 100 valence electrons. The van der Waals surface area contributed by atoms with E-state index >= 15 is 0 Å². The second-order valence-corrected chi connectivity index (χ2v) is 4.41. The normalized spacial score (nSPS) is 10.8. The number of hydrogen-bond donors (Lipinski definition) is 1. The van der Waals surface area contributed by atoms with Crippen molar-refractivity contribution in [3.05, 3.63) is 54.3 Å². The molecule has 0 radical (unpaired) electrons. The molecule has 1 heterocycles. The summed E-state index contributed by atoms with van der Waals surface area (Å²) in [6, 6.07) is 13.2. The number of rotatable bonds is 3. The molecule has 0 fully saturated rings. The predicted octanol–water partition coefficient (Wildman–Crippen LogP) is 2.93. The van der Waals surface area contributed by atoms with Gasteiger partial charge in [-0.3, -0.25) is 4.79 Å². The van der Waals surface area contributed by atoms with Crippen LogP contribution in [0.25, 0.3) is 22.4 Å². The van der Waals surface area contributed by atoms with Gasteiger partial charge in [-0.1, -0.05) is 24.3 Å². The lowest BCUT2D eigenvalue weighted by molar-refractivity contribution is -0.137. The Bertz CT molecular complexity index is 795. The number of fused-ring (bicyclic) bond motifs is 1. The van der Waals surface area contributed by atoms with Gasteiger partial charge >= 0.3 is 5.97 Å². The smallest absolute Gasteiger partial charge is 0.323 e. The molecular formula is C15H11FN2O2. The Balaban J connectivity index is 2.26.